The number of benzene rings is 1. The Hall–Kier alpha value is -1.85. The highest BCUT2D eigenvalue weighted by Crippen LogP contribution is 2.27. The Bertz CT molecular complexity index is 696. The van der Waals surface area contributed by atoms with E-state index in [4.69, 9.17) is 16.0 Å². The minimum atomic E-state index is -0.772. The van der Waals surface area contributed by atoms with Gasteiger partial charge in [-0.3, -0.25) is 9.69 Å². The molecule has 1 aromatic heterocycles. The van der Waals surface area contributed by atoms with E-state index in [1.807, 2.05) is 36.1 Å². The molecule has 0 aliphatic carbocycles. The van der Waals surface area contributed by atoms with Crippen LogP contribution in [0.15, 0.2) is 28.7 Å². The number of aromatic nitrogens is 1. The van der Waals surface area contributed by atoms with Crippen LogP contribution in [0.5, 0.6) is 0 Å². The molecule has 1 fully saturated rings. The summed E-state index contributed by atoms with van der Waals surface area (Å²) in [5, 5.41) is 10.0. The monoisotopic (exact) mass is 334 g/mol. The number of aliphatic carboxylic acids is 1. The molecule has 3 rings (SSSR count). The SMILES string of the molecule is Cc1nc(CN2CCCCC2C(=O)O)oc1-c1ccc(Cl)cc1. The molecule has 1 aromatic carbocycles. The molecule has 1 aliphatic heterocycles. The summed E-state index contributed by atoms with van der Waals surface area (Å²) in [6, 6.07) is 6.95. The van der Waals surface area contributed by atoms with Gasteiger partial charge in [-0.2, -0.15) is 0 Å². The molecule has 0 saturated carbocycles. The van der Waals surface area contributed by atoms with Crippen LogP contribution in [0, 0.1) is 6.92 Å². The first-order chi connectivity index (χ1) is 11.0. The molecule has 0 radical (unpaired) electrons. The van der Waals surface area contributed by atoms with Crippen LogP contribution in [0.4, 0.5) is 0 Å². The average Bonchev–Trinajstić information content (AvgIpc) is 2.89. The highest BCUT2D eigenvalue weighted by atomic mass is 35.5. The number of aryl methyl sites for hydroxylation is 1. The number of hydrogen-bond donors (Lipinski definition) is 1. The summed E-state index contributed by atoms with van der Waals surface area (Å²) < 4.78 is 5.88. The van der Waals surface area contributed by atoms with Crippen LogP contribution in [0.3, 0.4) is 0 Å². The zero-order valence-corrected chi connectivity index (χ0v) is 13.7. The Balaban J connectivity index is 1.80. The van der Waals surface area contributed by atoms with Crippen molar-refractivity contribution in [1.82, 2.24) is 9.88 Å². The lowest BCUT2D eigenvalue weighted by atomic mass is 10.0. The summed E-state index contributed by atoms with van der Waals surface area (Å²) in [5.74, 6) is 0.493. The Morgan fingerprint density at radius 3 is 2.83 bits per heavy atom. The second-order valence-electron chi connectivity index (χ2n) is 5.85. The fourth-order valence-corrected chi connectivity index (χ4v) is 3.15. The van der Waals surface area contributed by atoms with Gasteiger partial charge < -0.3 is 9.52 Å². The van der Waals surface area contributed by atoms with Crippen molar-refractivity contribution in [3.05, 3.63) is 40.9 Å². The van der Waals surface area contributed by atoms with E-state index in [-0.39, 0.29) is 0 Å². The number of nitrogens with zero attached hydrogens (tertiary/aromatic N) is 2. The number of piperidine rings is 1. The molecular formula is C17H19ClN2O3. The van der Waals surface area contributed by atoms with E-state index in [0.717, 1.165) is 30.6 Å². The highest BCUT2D eigenvalue weighted by Gasteiger charge is 2.29. The van der Waals surface area contributed by atoms with E-state index >= 15 is 0 Å². The Labute approximate surface area is 139 Å². The molecule has 0 spiro atoms. The molecule has 0 bridgehead atoms. The van der Waals surface area contributed by atoms with Crippen molar-refractivity contribution in [3.8, 4) is 11.3 Å². The van der Waals surface area contributed by atoms with Crippen LogP contribution in [0.1, 0.15) is 30.8 Å². The van der Waals surface area contributed by atoms with Crippen LogP contribution in [-0.2, 0) is 11.3 Å². The first-order valence-electron chi connectivity index (χ1n) is 7.73. The zero-order chi connectivity index (χ0) is 16.4. The Kier molecular flexibility index (Phi) is 4.68. The van der Waals surface area contributed by atoms with Crippen molar-refractivity contribution in [2.75, 3.05) is 6.54 Å². The van der Waals surface area contributed by atoms with Gasteiger partial charge >= 0.3 is 5.97 Å². The lowest BCUT2D eigenvalue weighted by Crippen LogP contribution is -2.44. The highest BCUT2D eigenvalue weighted by molar-refractivity contribution is 6.30. The molecule has 1 aliphatic rings. The van der Waals surface area contributed by atoms with Gasteiger partial charge in [-0.05, 0) is 50.6 Å². The van der Waals surface area contributed by atoms with Crippen molar-refractivity contribution < 1.29 is 14.3 Å². The molecule has 2 heterocycles. The van der Waals surface area contributed by atoms with Crippen LogP contribution in [0.2, 0.25) is 5.02 Å². The third kappa shape index (κ3) is 3.57. The van der Waals surface area contributed by atoms with Crippen molar-refractivity contribution in [2.45, 2.75) is 38.8 Å². The number of carboxylic acid groups (broad SMARTS) is 1. The average molecular weight is 335 g/mol. The van der Waals surface area contributed by atoms with Crippen molar-refractivity contribution in [1.29, 1.82) is 0 Å². The van der Waals surface area contributed by atoms with Crippen LogP contribution in [-0.4, -0.2) is 33.5 Å². The largest absolute Gasteiger partial charge is 0.480 e. The van der Waals surface area contributed by atoms with Gasteiger partial charge in [0.1, 0.15) is 6.04 Å². The number of hydrogen-bond acceptors (Lipinski definition) is 4. The minimum Gasteiger partial charge on any atom is -0.480 e. The number of likely N-dealkylation sites (tertiary alicyclic amines) is 1. The van der Waals surface area contributed by atoms with Gasteiger partial charge in [0, 0.05) is 10.6 Å². The first-order valence-corrected chi connectivity index (χ1v) is 8.11. The van der Waals surface area contributed by atoms with E-state index in [2.05, 4.69) is 4.98 Å². The summed E-state index contributed by atoms with van der Waals surface area (Å²) >= 11 is 5.91. The fraction of sp³-hybridized carbons (Fsp3) is 0.412. The third-order valence-electron chi connectivity index (χ3n) is 4.18. The van der Waals surface area contributed by atoms with Crippen molar-refractivity contribution >= 4 is 17.6 Å². The van der Waals surface area contributed by atoms with E-state index in [0.29, 0.717) is 29.6 Å². The smallest absolute Gasteiger partial charge is 0.320 e. The third-order valence-corrected chi connectivity index (χ3v) is 4.44. The van der Waals surface area contributed by atoms with Crippen molar-refractivity contribution in [3.63, 3.8) is 0 Å². The Morgan fingerprint density at radius 2 is 2.13 bits per heavy atom. The lowest BCUT2D eigenvalue weighted by molar-refractivity contribution is -0.145. The molecule has 1 unspecified atom stereocenters. The molecule has 1 saturated heterocycles. The summed E-state index contributed by atoms with van der Waals surface area (Å²) in [5.41, 5.74) is 1.71. The number of rotatable bonds is 4. The molecule has 1 atom stereocenters. The van der Waals surface area contributed by atoms with E-state index < -0.39 is 12.0 Å². The van der Waals surface area contributed by atoms with Crippen LogP contribution >= 0.6 is 11.6 Å². The van der Waals surface area contributed by atoms with Crippen molar-refractivity contribution in [2.24, 2.45) is 0 Å². The van der Waals surface area contributed by atoms with Crippen LogP contribution < -0.4 is 0 Å². The summed E-state index contributed by atoms with van der Waals surface area (Å²) in [6.07, 6.45) is 2.64. The number of carboxylic acids is 1. The lowest BCUT2D eigenvalue weighted by Gasteiger charge is -2.31. The van der Waals surface area contributed by atoms with E-state index in [1.54, 1.807) is 0 Å². The van der Waals surface area contributed by atoms with Crippen LogP contribution in [0.25, 0.3) is 11.3 Å². The standard InChI is InChI=1S/C17H19ClN2O3/c1-11-16(12-5-7-13(18)8-6-12)23-15(19-11)10-20-9-3-2-4-14(20)17(21)22/h5-8,14H,2-4,9-10H2,1H3,(H,21,22). The van der Waals surface area contributed by atoms with Gasteiger partial charge in [-0.1, -0.05) is 18.0 Å². The molecule has 0 amide bonds. The van der Waals surface area contributed by atoms with Gasteiger partial charge in [0.25, 0.3) is 0 Å². The number of oxazole rings is 1. The van der Waals surface area contributed by atoms with Gasteiger partial charge in [0.2, 0.25) is 5.89 Å². The summed E-state index contributed by atoms with van der Waals surface area (Å²) in [6.45, 7) is 3.07. The predicted molar refractivity (Wildman–Crippen MR) is 87.4 cm³/mol. The maximum absolute atomic E-state index is 11.4. The summed E-state index contributed by atoms with van der Waals surface area (Å²) in [7, 11) is 0. The maximum atomic E-state index is 11.4. The number of halogens is 1. The molecule has 1 N–H and O–H groups in total. The first kappa shape index (κ1) is 16.0. The quantitative estimate of drug-likeness (QED) is 0.922. The molecule has 122 valence electrons. The van der Waals surface area contributed by atoms with Gasteiger partial charge in [-0.25, -0.2) is 4.98 Å². The topological polar surface area (TPSA) is 66.6 Å². The second-order valence-corrected chi connectivity index (χ2v) is 6.29. The molecular weight excluding hydrogens is 316 g/mol. The van der Waals surface area contributed by atoms with Gasteiger partial charge in [0.15, 0.2) is 5.76 Å². The minimum absolute atomic E-state index is 0.422. The molecule has 5 nitrogen and oxygen atoms in total. The fourth-order valence-electron chi connectivity index (χ4n) is 3.02. The number of carbonyl (C=O) groups is 1. The Morgan fingerprint density at radius 1 is 1.39 bits per heavy atom. The normalized spacial score (nSPS) is 19.0. The molecule has 6 heteroatoms. The van der Waals surface area contributed by atoms with E-state index in [1.165, 1.54) is 0 Å². The van der Waals surface area contributed by atoms with Gasteiger partial charge in [-0.15, -0.1) is 0 Å². The van der Waals surface area contributed by atoms with E-state index in [9.17, 15) is 9.90 Å². The molecule has 23 heavy (non-hydrogen) atoms. The summed E-state index contributed by atoms with van der Waals surface area (Å²) in [4.78, 5) is 17.8. The zero-order valence-electron chi connectivity index (χ0n) is 13.0. The molecule has 2 aromatic rings. The van der Waals surface area contributed by atoms with Gasteiger partial charge in [0.05, 0.1) is 12.2 Å². The second kappa shape index (κ2) is 6.72. The predicted octanol–water partition coefficient (Wildman–Crippen LogP) is 3.74. The maximum Gasteiger partial charge on any atom is 0.320 e.